The molecule has 1 aromatic rings. The average Bonchev–Trinajstić information content (AvgIpc) is 2.38. The van der Waals surface area contributed by atoms with Crippen LogP contribution in [0.5, 0.6) is 0 Å². The fourth-order valence-electron chi connectivity index (χ4n) is 1.57. The Bertz CT molecular complexity index is 626. The second kappa shape index (κ2) is 9.26. The predicted octanol–water partition coefficient (Wildman–Crippen LogP) is 1.75. The standard InChI is InChI=1S/C12H17ClFN3O3S.ClH/c1-8(18)17-11-7-10(14)12(6-9(11)13)21(19,20)16-5-3-4-15-2;/h6-7,15-16H,3-5H2,1-2H3,(H,17,18);1H. The van der Waals surface area contributed by atoms with Crippen molar-refractivity contribution in [3.05, 3.63) is 23.0 Å². The third-order valence-electron chi connectivity index (χ3n) is 2.52. The molecule has 3 N–H and O–H groups in total. The van der Waals surface area contributed by atoms with Gasteiger partial charge in [0.2, 0.25) is 15.9 Å². The Hall–Kier alpha value is -0.930. The van der Waals surface area contributed by atoms with E-state index in [-0.39, 0.29) is 29.7 Å². The summed E-state index contributed by atoms with van der Waals surface area (Å²) >= 11 is 5.85. The number of amides is 1. The summed E-state index contributed by atoms with van der Waals surface area (Å²) < 4.78 is 40.2. The summed E-state index contributed by atoms with van der Waals surface area (Å²) in [5.74, 6) is -1.42. The first-order valence-electron chi connectivity index (χ1n) is 6.19. The maximum absolute atomic E-state index is 13.9. The molecule has 0 saturated heterocycles. The third kappa shape index (κ3) is 6.05. The molecule has 0 radical (unpaired) electrons. The fourth-order valence-corrected chi connectivity index (χ4v) is 3.00. The van der Waals surface area contributed by atoms with Gasteiger partial charge in [-0.25, -0.2) is 17.5 Å². The van der Waals surface area contributed by atoms with E-state index < -0.39 is 26.6 Å². The van der Waals surface area contributed by atoms with Gasteiger partial charge in [0.25, 0.3) is 0 Å². The van der Waals surface area contributed by atoms with Crippen LogP contribution >= 0.6 is 24.0 Å². The normalized spacial score (nSPS) is 10.9. The molecule has 1 rings (SSSR count). The third-order valence-corrected chi connectivity index (χ3v) is 4.31. The van der Waals surface area contributed by atoms with Crippen molar-refractivity contribution in [1.82, 2.24) is 10.0 Å². The zero-order chi connectivity index (χ0) is 16.0. The van der Waals surface area contributed by atoms with Gasteiger partial charge < -0.3 is 10.6 Å². The molecule has 0 heterocycles. The maximum atomic E-state index is 13.9. The van der Waals surface area contributed by atoms with Gasteiger partial charge in [0.1, 0.15) is 10.7 Å². The fraction of sp³-hybridized carbons (Fsp3) is 0.417. The van der Waals surface area contributed by atoms with E-state index in [4.69, 9.17) is 11.6 Å². The number of hydrogen-bond acceptors (Lipinski definition) is 4. The van der Waals surface area contributed by atoms with Crippen LogP contribution in [0, 0.1) is 5.82 Å². The number of anilines is 1. The van der Waals surface area contributed by atoms with Crippen molar-refractivity contribution >= 4 is 45.6 Å². The number of benzene rings is 1. The first kappa shape index (κ1) is 21.1. The highest BCUT2D eigenvalue weighted by molar-refractivity contribution is 7.89. The smallest absolute Gasteiger partial charge is 0.243 e. The summed E-state index contributed by atoms with van der Waals surface area (Å²) in [6.07, 6.45) is 0.565. The first-order chi connectivity index (χ1) is 9.77. The number of carbonyl (C=O) groups excluding carboxylic acids is 1. The van der Waals surface area contributed by atoms with Crippen LogP contribution in [-0.2, 0) is 14.8 Å². The molecule has 0 aromatic heterocycles. The van der Waals surface area contributed by atoms with Crippen molar-refractivity contribution in [2.75, 3.05) is 25.5 Å². The molecule has 0 fully saturated rings. The van der Waals surface area contributed by atoms with Crippen molar-refractivity contribution in [3.8, 4) is 0 Å². The Balaban J connectivity index is 0.00000441. The molecule has 126 valence electrons. The molecule has 6 nitrogen and oxygen atoms in total. The van der Waals surface area contributed by atoms with Crippen molar-refractivity contribution in [2.45, 2.75) is 18.2 Å². The number of nitrogens with one attached hydrogen (secondary N) is 3. The van der Waals surface area contributed by atoms with Crippen LogP contribution in [0.4, 0.5) is 10.1 Å². The summed E-state index contributed by atoms with van der Waals surface area (Å²) in [6, 6.07) is 1.86. The van der Waals surface area contributed by atoms with Crippen molar-refractivity contribution < 1.29 is 17.6 Å². The minimum Gasteiger partial charge on any atom is -0.325 e. The maximum Gasteiger partial charge on any atom is 0.243 e. The number of halogens is 3. The molecule has 1 amide bonds. The molecule has 0 saturated carbocycles. The van der Waals surface area contributed by atoms with E-state index >= 15 is 0 Å². The molecule has 0 spiro atoms. The number of rotatable bonds is 7. The minimum atomic E-state index is -3.99. The van der Waals surface area contributed by atoms with E-state index in [1.165, 1.54) is 6.92 Å². The topological polar surface area (TPSA) is 87.3 Å². The molecule has 0 unspecified atom stereocenters. The van der Waals surface area contributed by atoms with Gasteiger partial charge >= 0.3 is 0 Å². The van der Waals surface area contributed by atoms with Gasteiger partial charge in [-0.2, -0.15) is 0 Å². The number of carbonyl (C=O) groups is 1. The van der Waals surface area contributed by atoms with Gasteiger partial charge in [0.05, 0.1) is 10.7 Å². The summed E-state index contributed by atoms with van der Waals surface area (Å²) in [7, 11) is -2.24. The molecule has 10 heteroatoms. The highest BCUT2D eigenvalue weighted by atomic mass is 35.5. The van der Waals surface area contributed by atoms with Gasteiger partial charge in [0.15, 0.2) is 0 Å². The largest absolute Gasteiger partial charge is 0.325 e. The Morgan fingerprint density at radius 2 is 1.95 bits per heavy atom. The SMILES string of the molecule is CNCCCNS(=O)(=O)c1cc(Cl)c(NC(C)=O)cc1F.Cl. The van der Waals surface area contributed by atoms with Crippen LogP contribution in [0.15, 0.2) is 17.0 Å². The quantitative estimate of drug-likeness (QED) is 0.635. The molecule has 0 aliphatic carbocycles. The monoisotopic (exact) mass is 373 g/mol. The molecule has 1 aromatic carbocycles. The Labute approximate surface area is 140 Å². The lowest BCUT2D eigenvalue weighted by Crippen LogP contribution is -2.27. The van der Waals surface area contributed by atoms with Gasteiger partial charge in [0, 0.05) is 19.5 Å². The van der Waals surface area contributed by atoms with Gasteiger partial charge in [-0.15, -0.1) is 12.4 Å². The average molecular weight is 374 g/mol. The van der Waals surface area contributed by atoms with E-state index in [1.54, 1.807) is 7.05 Å². The highest BCUT2D eigenvalue weighted by Gasteiger charge is 2.21. The van der Waals surface area contributed by atoms with E-state index in [0.717, 1.165) is 12.1 Å². The van der Waals surface area contributed by atoms with Crippen LogP contribution in [-0.4, -0.2) is 34.5 Å². The number of hydrogen-bond donors (Lipinski definition) is 3. The first-order valence-corrected chi connectivity index (χ1v) is 8.05. The molecular weight excluding hydrogens is 356 g/mol. The van der Waals surface area contributed by atoms with E-state index in [9.17, 15) is 17.6 Å². The van der Waals surface area contributed by atoms with Crippen LogP contribution in [0.25, 0.3) is 0 Å². The van der Waals surface area contributed by atoms with Crippen molar-refractivity contribution in [2.24, 2.45) is 0 Å². The molecule has 0 atom stereocenters. The summed E-state index contributed by atoms with van der Waals surface area (Å²) in [5.41, 5.74) is 0.0239. The summed E-state index contributed by atoms with van der Waals surface area (Å²) in [5, 5.41) is 5.13. The lowest BCUT2D eigenvalue weighted by atomic mass is 10.3. The summed E-state index contributed by atoms with van der Waals surface area (Å²) in [6.45, 7) is 2.04. The van der Waals surface area contributed by atoms with Crippen LogP contribution < -0.4 is 15.4 Å². The van der Waals surface area contributed by atoms with E-state index in [1.807, 2.05) is 0 Å². The lowest BCUT2D eigenvalue weighted by Gasteiger charge is -2.11. The van der Waals surface area contributed by atoms with Gasteiger partial charge in [-0.1, -0.05) is 11.6 Å². The zero-order valence-corrected chi connectivity index (χ0v) is 14.5. The van der Waals surface area contributed by atoms with Crippen LogP contribution in [0.1, 0.15) is 13.3 Å². The minimum absolute atomic E-state index is 0. The molecule has 0 bridgehead atoms. The Morgan fingerprint density at radius 1 is 1.32 bits per heavy atom. The van der Waals surface area contributed by atoms with Crippen LogP contribution in [0.3, 0.4) is 0 Å². The van der Waals surface area contributed by atoms with Crippen LogP contribution in [0.2, 0.25) is 5.02 Å². The van der Waals surface area contributed by atoms with Crippen molar-refractivity contribution in [3.63, 3.8) is 0 Å². The predicted molar refractivity (Wildman–Crippen MR) is 86.7 cm³/mol. The Kier molecular flexibility index (Phi) is 8.87. The molecule has 22 heavy (non-hydrogen) atoms. The van der Waals surface area contributed by atoms with Gasteiger partial charge in [-0.05, 0) is 26.1 Å². The van der Waals surface area contributed by atoms with E-state index in [0.29, 0.717) is 13.0 Å². The molecular formula is C12H18Cl2FN3O3S. The second-order valence-corrected chi connectivity index (χ2v) is 6.44. The van der Waals surface area contributed by atoms with Gasteiger partial charge in [-0.3, -0.25) is 4.79 Å². The molecule has 0 aliphatic heterocycles. The lowest BCUT2D eigenvalue weighted by molar-refractivity contribution is -0.114. The molecule has 0 aliphatic rings. The number of sulfonamides is 1. The van der Waals surface area contributed by atoms with Crippen molar-refractivity contribution in [1.29, 1.82) is 0 Å². The Morgan fingerprint density at radius 3 is 2.50 bits per heavy atom. The zero-order valence-electron chi connectivity index (χ0n) is 12.1. The van der Waals surface area contributed by atoms with E-state index in [2.05, 4.69) is 15.4 Å². The summed E-state index contributed by atoms with van der Waals surface area (Å²) in [4.78, 5) is 10.4. The highest BCUT2D eigenvalue weighted by Crippen LogP contribution is 2.28. The second-order valence-electron chi connectivity index (χ2n) is 4.30.